The highest BCUT2D eigenvalue weighted by atomic mass is 31.2. The van der Waals surface area contributed by atoms with Crippen molar-refractivity contribution in [2.45, 2.75) is 128 Å². The van der Waals surface area contributed by atoms with E-state index >= 15 is 0 Å². The number of phosphoric acid groups is 1. The summed E-state index contributed by atoms with van der Waals surface area (Å²) < 4.78 is 24.4. The van der Waals surface area contributed by atoms with Crippen LogP contribution >= 0.6 is 7.82 Å². The molecule has 0 saturated carbocycles. The zero-order chi connectivity index (χ0) is 27.9. The minimum absolute atomic E-state index is 0.315. The summed E-state index contributed by atoms with van der Waals surface area (Å²) in [5.74, 6) is 0. The average Bonchev–Trinajstić information content (AvgIpc) is 2.78. The third-order valence-electron chi connectivity index (χ3n) is 6.96. The lowest BCUT2D eigenvalue weighted by molar-refractivity contribution is -0.870. The highest BCUT2D eigenvalue weighted by Gasteiger charge is 2.19. The van der Waals surface area contributed by atoms with E-state index in [4.69, 9.17) is 9.05 Å². The Morgan fingerprint density at radius 1 is 0.432 bits per heavy atom. The van der Waals surface area contributed by atoms with E-state index in [0.29, 0.717) is 13.2 Å². The molecule has 0 radical (unpaired) electrons. The number of phosphoric ester groups is 1. The number of nitrogens with zero attached hydrogens (tertiary/aromatic N) is 2. The summed E-state index contributed by atoms with van der Waals surface area (Å²) in [5, 5.41) is 0. The van der Waals surface area contributed by atoms with Crippen LogP contribution in [0, 0.1) is 0 Å². The van der Waals surface area contributed by atoms with Crippen LogP contribution in [0.2, 0.25) is 0 Å². The first-order valence-electron chi connectivity index (χ1n) is 15.6. The molecule has 0 aliphatic carbocycles. The second-order valence-corrected chi connectivity index (χ2v) is 14.7. The molecule has 0 amide bonds. The van der Waals surface area contributed by atoms with Crippen molar-refractivity contribution in [2.24, 2.45) is 0 Å². The van der Waals surface area contributed by atoms with Crippen molar-refractivity contribution < 1.29 is 27.5 Å². The van der Waals surface area contributed by atoms with Gasteiger partial charge in [0.15, 0.2) is 0 Å². The number of rotatable bonds is 28. The molecule has 0 rings (SSSR count). The molecule has 0 bridgehead atoms. The van der Waals surface area contributed by atoms with Gasteiger partial charge in [0.05, 0.1) is 68.6 Å². The fraction of sp³-hybridized carbons (Fsp3) is 1.00. The van der Waals surface area contributed by atoms with Gasteiger partial charge in [-0.15, -0.1) is 0 Å². The van der Waals surface area contributed by atoms with Gasteiger partial charge in [-0.1, -0.05) is 89.9 Å². The Labute approximate surface area is 232 Å². The molecule has 6 nitrogen and oxygen atoms in total. The molecule has 37 heavy (non-hydrogen) atoms. The van der Waals surface area contributed by atoms with Gasteiger partial charge < -0.3 is 13.9 Å². The normalized spacial score (nSPS) is 12.9. The Bertz CT molecular complexity index is 503. The van der Waals surface area contributed by atoms with Gasteiger partial charge >= 0.3 is 7.82 Å². The van der Waals surface area contributed by atoms with Crippen LogP contribution in [-0.4, -0.2) is 82.4 Å². The highest BCUT2D eigenvalue weighted by Crippen LogP contribution is 2.43. The topological polar surface area (TPSA) is 55.8 Å². The van der Waals surface area contributed by atoms with Crippen molar-refractivity contribution in [1.82, 2.24) is 0 Å². The first-order valence-corrected chi connectivity index (χ1v) is 17.1. The zero-order valence-electron chi connectivity index (χ0n) is 26.0. The minimum atomic E-state index is -3.88. The zero-order valence-corrected chi connectivity index (χ0v) is 26.9. The monoisotopic (exact) mass is 550 g/mol. The first kappa shape index (κ1) is 37.0. The van der Waals surface area contributed by atoms with E-state index in [-0.39, 0.29) is 0 Å². The van der Waals surface area contributed by atoms with E-state index in [1.165, 1.54) is 116 Å². The number of quaternary nitrogens is 2. The third-order valence-corrected chi connectivity index (χ3v) is 7.97. The van der Waals surface area contributed by atoms with Crippen molar-refractivity contribution >= 4 is 7.82 Å². The van der Waals surface area contributed by atoms with Crippen LogP contribution in [0.4, 0.5) is 0 Å². The Balaban J connectivity index is 3.35. The summed E-state index contributed by atoms with van der Waals surface area (Å²) in [4.78, 5) is 9.84. The van der Waals surface area contributed by atoms with E-state index in [0.717, 1.165) is 34.6 Å². The summed E-state index contributed by atoms with van der Waals surface area (Å²) in [6.07, 6.45) is 24.7. The predicted octanol–water partition coefficient (Wildman–Crippen LogP) is 8.33. The van der Waals surface area contributed by atoms with Gasteiger partial charge in [-0.2, -0.15) is 0 Å². The molecule has 1 N–H and O–H groups in total. The van der Waals surface area contributed by atoms with Gasteiger partial charge in [-0.25, -0.2) is 4.57 Å². The van der Waals surface area contributed by atoms with Crippen molar-refractivity contribution in [2.75, 3.05) is 68.6 Å². The summed E-state index contributed by atoms with van der Waals surface area (Å²) in [6, 6.07) is 0. The van der Waals surface area contributed by atoms with Gasteiger partial charge in [0.2, 0.25) is 0 Å². The molecule has 224 valence electrons. The Morgan fingerprint density at radius 2 is 0.649 bits per heavy atom. The molecule has 0 aliphatic rings. The molecule has 0 saturated heterocycles. The van der Waals surface area contributed by atoms with Gasteiger partial charge in [0, 0.05) is 0 Å². The van der Waals surface area contributed by atoms with Gasteiger partial charge in [0.25, 0.3) is 0 Å². The summed E-state index contributed by atoms with van der Waals surface area (Å²) in [7, 11) is 9.70. The molecule has 0 unspecified atom stereocenters. The minimum Gasteiger partial charge on any atom is -0.331 e. The highest BCUT2D eigenvalue weighted by molar-refractivity contribution is 7.47. The van der Waals surface area contributed by atoms with Crippen molar-refractivity contribution in [3.05, 3.63) is 0 Å². The lowest BCUT2D eigenvalue weighted by Crippen LogP contribution is -2.35. The van der Waals surface area contributed by atoms with Gasteiger partial charge in [-0.3, -0.25) is 9.05 Å². The molecule has 0 aromatic carbocycles. The second kappa shape index (κ2) is 22.8. The van der Waals surface area contributed by atoms with Crippen LogP contribution in [0.25, 0.3) is 0 Å². The van der Waals surface area contributed by atoms with Crippen LogP contribution in [0.1, 0.15) is 128 Å². The lowest BCUT2D eigenvalue weighted by Gasteiger charge is -2.23. The standard InChI is InChI=1S/C30H66N2O4P/c1-31(2,3)27-23-19-15-11-7-9-13-17-21-25-29-35-37(33,34)36-30-26-22-18-14-10-8-12-16-20-24-28-32(4,5)6/h7-30H2,1-6H3/q+1/p+1. The van der Waals surface area contributed by atoms with Gasteiger partial charge in [-0.05, 0) is 38.5 Å². The van der Waals surface area contributed by atoms with Crippen LogP contribution in [-0.2, 0) is 13.6 Å². The molecule has 0 fully saturated rings. The molecule has 7 heteroatoms. The molecule has 0 spiro atoms. The van der Waals surface area contributed by atoms with Crippen molar-refractivity contribution in [1.29, 1.82) is 0 Å². The van der Waals surface area contributed by atoms with Crippen LogP contribution in [0.15, 0.2) is 0 Å². The molecular formula is C30H67N2O4P+2. The second-order valence-electron chi connectivity index (χ2n) is 13.2. The average molecular weight is 551 g/mol. The maximum atomic E-state index is 12.0. The Hall–Kier alpha value is 0.0300. The maximum Gasteiger partial charge on any atom is 0.472 e. The molecule has 0 aromatic rings. The lowest BCUT2D eigenvalue weighted by atomic mass is 10.1. The largest absolute Gasteiger partial charge is 0.472 e. The number of hydrogen-bond acceptors (Lipinski definition) is 3. The molecule has 0 atom stereocenters. The number of unbranched alkanes of at least 4 members (excludes halogenated alkanes) is 18. The molecule has 0 aromatic heterocycles. The number of hydrogen-bond donors (Lipinski definition) is 1. The fourth-order valence-electron chi connectivity index (χ4n) is 4.60. The maximum absolute atomic E-state index is 12.0. The molecule has 0 aliphatic heterocycles. The first-order chi connectivity index (χ1) is 17.4. The quantitative estimate of drug-likeness (QED) is 0.0604. The smallest absolute Gasteiger partial charge is 0.331 e. The van der Waals surface area contributed by atoms with Crippen molar-refractivity contribution in [3.63, 3.8) is 0 Å². The fourth-order valence-corrected chi connectivity index (χ4v) is 5.40. The predicted molar refractivity (Wildman–Crippen MR) is 160 cm³/mol. The van der Waals surface area contributed by atoms with E-state index in [1.807, 2.05) is 0 Å². The molecular weight excluding hydrogens is 483 g/mol. The van der Waals surface area contributed by atoms with E-state index in [9.17, 15) is 9.46 Å². The van der Waals surface area contributed by atoms with E-state index in [1.54, 1.807) is 0 Å². The SMILES string of the molecule is C[N+](C)(C)CCCCCCCCCCCCOP(=O)(O)OCCCCCCCCCCCC[N+](C)(C)C. The van der Waals surface area contributed by atoms with E-state index in [2.05, 4.69) is 42.3 Å². The van der Waals surface area contributed by atoms with Crippen LogP contribution in [0.3, 0.4) is 0 Å². The van der Waals surface area contributed by atoms with Crippen LogP contribution in [0.5, 0.6) is 0 Å². The summed E-state index contributed by atoms with van der Waals surface area (Å²) in [5.41, 5.74) is 0. The summed E-state index contributed by atoms with van der Waals surface area (Å²) >= 11 is 0. The van der Waals surface area contributed by atoms with Crippen molar-refractivity contribution in [3.8, 4) is 0 Å². The van der Waals surface area contributed by atoms with Gasteiger partial charge in [0.1, 0.15) is 0 Å². The summed E-state index contributed by atoms with van der Waals surface area (Å²) in [6.45, 7) is 3.17. The van der Waals surface area contributed by atoms with E-state index < -0.39 is 7.82 Å². The van der Waals surface area contributed by atoms with Crippen LogP contribution < -0.4 is 0 Å². The Morgan fingerprint density at radius 3 is 0.892 bits per heavy atom. The molecule has 0 heterocycles. The third kappa shape index (κ3) is 32.1. The Kier molecular flexibility index (Phi) is 22.8.